The van der Waals surface area contributed by atoms with Gasteiger partial charge >= 0.3 is 0 Å². The molecule has 0 radical (unpaired) electrons. The molecule has 5 nitrogen and oxygen atoms in total. The molecular weight excluding hydrogens is 370 g/mol. The van der Waals surface area contributed by atoms with Gasteiger partial charge in [-0.05, 0) is 30.7 Å². The van der Waals surface area contributed by atoms with E-state index in [1.807, 2.05) is 31.2 Å². The number of benzene rings is 1. The van der Waals surface area contributed by atoms with E-state index in [0.29, 0.717) is 22.6 Å². The summed E-state index contributed by atoms with van der Waals surface area (Å²) in [6.07, 6.45) is 1.79. The fourth-order valence-electron chi connectivity index (χ4n) is 3.51. The lowest BCUT2D eigenvalue weighted by Crippen LogP contribution is -2.28. The number of ether oxygens (including phenoxy) is 1. The third kappa shape index (κ3) is 3.01. The lowest BCUT2D eigenvalue weighted by Gasteiger charge is -2.28. The van der Waals surface area contributed by atoms with E-state index in [4.69, 9.17) is 21.3 Å². The summed E-state index contributed by atoms with van der Waals surface area (Å²) < 4.78 is 5.58. The molecule has 7 heteroatoms. The molecule has 1 aromatic heterocycles. The van der Waals surface area contributed by atoms with E-state index in [0.717, 1.165) is 23.0 Å². The van der Waals surface area contributed by atoms with Gasteiger partial charge < -0.3 is 14.7 Å². The van der Waals surface area contributed by atoms with E-state index in [1.165, 1.54) is 0 Å². The summed E-state index contributed by atoms with van der Waals surface area (Å²) in [4.78, 5) is 11.8. The first-order valence-corrected chi connectivity index (χ1v) is 9.91. The zero-order valence-electron chi connectivity index (χ0n) is 14.6. The minimum atomic E-state index is -0.136. The molecule has 3 atom stereocenters. The number of halogens is 1. The van der Waals surface area contributed by atoms with Crippen molar-refractivity contribution in [3.63, 3.8) is 0 Å². The summed E-state index contributed by atoms with van der Waals surface area (Å²) in [5.74, 6) is 0.498. The Morgan fingerprint density at radius 2 is 2.23 bits per heavy atom. The number of nitrogens with zero attached hydrogens (tertiary/aromatic N) is 3. The Bertz CT molecular complexity index is 846. The van der Waals surface area contributed by atoms with Gasteiger partial charge in [-0.25, -0.2) is 0 Å². The number of aliphatic imine (C=N–C) groups is 1. The van der Waals surface area contributed by atoms with Crippen LogP contribution in [0.25, 0.3) is 0 Å². The summed E-state index contributed by atoms with van der Waals surface area (Å²) in [6, 6.07) is 9.07. The van der Waals surface area contributed by atoms with Crippen LogP contribution >= 0.6 is 23.4 Å². The topological polar surface area (TPSA) is 58.0 Å². The first-order valence-electron chi connectivity index (χ1n) is 8.65. The van der Waals surface area contributed by atoms with Crippen LogP contribution in [0.2, 0.25) is 5.02 Å². The highest BCUT2D eigenvalue weighted by atomic mass is 35.5. The number of hydrogen-bond acceptors (Lipinski definition) is 6. The monoisotopic (exact) mass is 389 g/mol. The fourth-order valence-corrected chi connectivity index (χ4v) is 4.87. The quantitative estimate of drug-likeness (QED) is 0.838. The molecular formula is C19H20ClN3O2S. The third-order valence-corrected chi connectivity index (χ3v) is 6.01. The molecule has 1 N–H and O–H groups in total. The zero-order chi connectivity index (χ0) is 18.3. The molecule has 0 aliphatic carbocycles. The Kier molecular flexibility index (Phi) is 4.71. The van der Waals surface area contributed by atoms with E-state index in [2.05, 4.69) is 16.8 Å². The summed E-state index contributed by atoms with van der Waals surface area (Å²) in [5, 5.41) is 12.1. The molecule has 3 heterocycles. The summed E-state index contributed by atoms with van der Waals surface area (Å²) >= 11 is 8.32. The van der Waals surface area contributed by atoms with Crippen LogP contribution in [0.4, 0.5) is 0 Å². The van der Waals surface area contributed by atoms with Crippen molar-refractivity contribution in [1.82, 2.24) is 9.88 Å². The molecule has 0 spiro atoms. The predicted octanol–water partition coefficient (Wildman–Crippen LogP) is 4.43. The number of rotatable bonds is 4. The molecule has 1 saturated heterocycles. The Morgan fingerprint density at radius 1 is 1.38 bits per heavy atom. The van der Waals surface area contributed by atoms with E-state index < -0.39 is 0 Å². The van der Waals surface area contributed by atoms with Gasteiger partial charge in [0.2, 0.25) is 0 Å². The Balaban J connectivity index is 1.81. The normalized spacial score (nSPS) is 24.5. The van der Waals surface area contributed by atoms with Gasteiger partial charge in [0.05, 0.1) is 18.3 Å². The fraction of sp³-hybridized carbons (Fsp3) is 0.368. The van der Waals surface area contributed by atoms with E-state index in [9.17, 15) is 5.11 Å². The smallest absolute Gasteiger partial charge is 0.161 e. The Morgan fingerprint density at radius 3 is 2.96 bits per heavy atom. The maximum atomic E-state index is 10.1. The van der Waals surface area contributed by atoms with Crippen molar-refractivity contribution in [2.24, 2.45) is 4.99 Å². The van der Waals surface area contributed by atoms with Crippen molar-refractivity contribution in [2.75, 3.05) is 13.2 Å². The third-order valence-electron chi connectivity index (χ3n) is 4.58. The molecule has 0 saturated carbocycles. The van der Waals surface area contributed by atoms with E-state index >= 15 is 0 Å². The highest BCUT2D eigenvalue weighted by Crippen LogP contribution is 2.50. The van der Waals surface area contributed by atoms with Crippen LogP contribution in [-0.4, -0.2) is 38.6 Å². The Hall–Kier alpha value is -1.92. The van der Waals surface area contributed by atoms with Gasteiger partial charge in [0.15, 0.2) is 16.7 Å². The molecule has 0 bridgehead atoms. The minimum Gasteiger partial charge on any atom is -0.504 e. The summed E-state index contributed by atoms with van der Waals surface area (Å²) in [6.45, 7) is 5.46. The van der Waals surface area contributed by atoms with Gasteiger partial charge in [-0.2, -0.15) is 0 Å². The molecule has 1 aromatic carbocycles. The molecule has 2 aromatic rings. The molecule has 4 rings (SSSR count). The number of pyridine rings is 1. The van der Waals surface area contributed by atoms with Gasteiger partial charge in [-0.1, -0.05) is 36.4 Å². The number of aromatic nitrogens is 1. The van der Waals surface area contributed by atoms with Crippen LogP contribution in [0.5, 0.6) is 11.5 Å². The van der Waals surface area contributed by atoms with E-state index in [-0.39, 0.29) is 17.8 Å². The second-order valence-electron chi connectivity index (χ2n) is 6.41. The number of aromatic hydroxyl groups is 1. The van der Waals surface area contributed by atoms with Crippen LogP contribution in [0.15, 0.2) is 41.5 Å². The zero-order valence-corrected chi connectivity index (χ0v) is 16.2. The lowest BCUT2D eigenvalue weighted by molar-refractivity contribution is 0.306. The number of thioether (sulfide) groups is 1. The molecule has 0 amide bonds. The number of phenolic OH excluding ortho intramolecular Hbond substituents is 1. The molecule has 0 unspecified atom stereocenters. The SMILES string of the molecule is CCOc1cc([C@@H]2[C@@H](c3ccccn3)N=C3S[C@H](C)CN32)c(Cl)cc1O. The lowest BCUT2D eigenvalue weighted by atomic mass is 9.96. The molecule has 1 fully saturated rings. The van der Waals surface area contributed by atoms with Gasteiger partial charge in [0, 0.05) is 29.1 Å². The van der Waals surface area contributed by atoms with Crippen molar-refractivity contribution in [2.45, 2.75) is 31.2 Å². The predicted molar refractivity (Wildman–Crippen MR) is 105 cm³/mol. The van der Waals surface area contributed by atoms with Crippen LogP contribution < -0.4 is 4.74 Å². The number of fused-ring (bicyclic) bond motifs is 1. The summed E-state index contributed by atoms with van der Waals surface area (Å²) in [7, 11) is 0. The standard InChI is InChI=1S/C19H20ClN3O2S/c1-3-25-16-8-12(13(20)9-15(16)24)18-17(14-6-4-5-7-21-14)22-19-23(18)10-11(2)26-19/h4-9,11,17-18,24H,3,10H2,1-2H3/t11-,17-,18-/m1/s1. The first-order chi connectivity index (χ1) is 12.6. The van der Waals surface area contributed by atoms with Gasteiger partial charge in [-0.3, -0.25) is 9.98 Å². The summed E-state index contributed by atoms with van der Waals surface area (Å²) in [5.41, 5.74) is 1.81. The van der Waals surface area contributed by atoms with Crippen LogP contribution in [0.1, 0.15) is 37.2 Å². The minimum absolute atomic E-state index is 0.0540. The van der Waals surface area contributed by atoms with Crippen LogP contribution in [0.3, 0.4) is 0 Å². The van der Waals surface area contributed by atoms with Crippen molar-refractivity contribution in [3.05, 3.63) is 52.8 Å². The number of amidine groups is 1. The van der Waals surface area contributed by atoms with Gasteiger partial charge in [0.25, 0.3) is 0 Å². The van der Waals surface area contributed by atoms with Crippen molar-refractivity contribution in [1.29, 1.82) is 0 Å². The van der Waals surface area contributed by atoms with Crippen molar-refractivity contribution in [3.8, 4) is 11.5 Å². The van der Waals surface area contributed by atoms with Gasteiger partial charge in [-0.15, -0.1) is 0 Å². The molecule has 136 valence electrons. The highest BCUT2D eigenvalue weighted by molar-refractivity contribution is 8.14. The second-order valence-corrected chi connectivity index (χ2v) is 8.22. The number of hydrogen-bond donors (Lipinski definition) is 1. The average Bonchev–Trinajstić information content (AvgIpc) is 3.14. The van der Waals surface area contributed by atoms with Crippen LogP contribution in [0, 0.1) is 0 Å². The van der Waals surface area contributed by atoms with E-state index in [1.54, 1.807) is 24.0 Å². The first kappa shape index (κ1) is 17.5. The Labute approximate surface area is 162 Å². The molecule has 2 aliphatic rings. The maximum Gasteiger partial charge on any atom is 0.161 e. The maximum absolute atomic E-state index is 10.1. The largest absolute Gasteiger partial charge is 0.504 e. The second kappa shape index (κ2) is 7.00. The highest BCUT2D eigenvalue weighted by Gasteiger charge is 2.44. The van der Waals surface area contributed by atoms with Crippen molar-refractivity contribution >= 4 is 28.5 Å². The van der Waals surface area contributed by atoms with Crippen LogP contribution in [-0.2, 0) is 0 Å². The number of phenols is 1. The van der Waals surface area contributed by atoms with Crippen molar-refractivity contribution < 1.29 is 9.84 Å². The average molecular weight is 390 g/mol. The molecule has 2 aliphatic heterocycles. The molecule has 26 heavy (non-hydrogen) atoms. The van der Waals surface area contributed by atoms with Gasteiger partial charge in [0.1, 0.15) is 6.04 Å².